The summed E-state index contributed by atoms with van der Waals surface area (Å²) in [4.78, 5) is 20.1. The summed E-state index contributed by atoms with van der Waals surface area (Å²) in [6.45, 7) is 9.46. The Balaban J connectivity index is 2.29. The maximum absolute atomic E-state index is 11.4. The molecule has 2 aromatic rings. The Morgan fingerprint density at radius 2 is 2.09 bits per heavy atom. The van der Waals surface area contributed by atoms with Gasteiger partial charge in [-0.3, -0.25) is 0 Å². The van der Waals surface area contributed by atoms with Gasteiger partial charge in [-0.25, -0.2) is 14.8 Å². The molecule has 0 saturated carbocycles. The van der Waals surface area contributed by atoms with Crippen LogP contribution in [0.25, 0.3) is 12.2 Å². The minimum absolute atomic E-state index is 0.395. The average molecular weight is 295 g/mol. The average Bonchev–Trinajstić information content (AvgIpc) is 2.56. The van der Waals surface area contributed by atoms with Gasteiger partial charge in [-0.05, 0) is 42.3 Å². The number of hydrogen-bond acceptors (Lipinski definition) is 5. The Morgan fingerprint density at radius 1 is 1.32 bits per heavy atom. The van der Waals surface area contributed by atoms with E-state index in [1.807, 2.05) is 13.0 Å². The number of esters is 1. The molecule has 0 radical (unpaired) electrons. The van der Waals surface area contributed by atoms with Crippen LogP contribution >= 0.6 is 0 Å². The van der Waals surface area contributed by atoms with Crippen LogP contribution < -0.4 is 5.32 Å². The number of ether oxygens (including phenoxy) is 1. The van der Waals surface area contributed by atoms with Crippen LogP contribution in [0.1, 0.15) is 27.2 Å². The van der Waals surface area contributed by atoms with E-state index < -0.39 is 5.97 Å². The number of carbonyl (C=O) groups excluding carboxylic acids is 1. The Labute approximate surface area is 129 Å². The van der Waals surface area contributed by atoms with E-state index in [4.69, 9.17) is 0 Å². The first kappa shape index (κ1) is 15.4. The lowest BCUT2D eigenvalue weighted by molar-refractivity contribution is 0.0600. The molecule has 0 aliphatic carbocycles. The number of rotatable bonds is 5. The van der Waals surface area contributed by atoms with Crippen LogP contribution in [0.5, 0.6) is 0 Å². The Kier molecular flexibility index (Phi) is 4.68. The standard InChI is InChI=1S/C17H17N3O2/c1-5-12-9-11(3)16(19-14(12)6-2)20-15-8-7-13(10-18-15)17(21)22-4/h5-10H,1-2H2,3-4H3,(H,18,19,20). The molecule has 0 spiro atoms. The van der Waals surface area contributed by atoms with Gasteiger partial charge in [0.05, 0.1) is 18.4 Å². The third kappa shape index (κ3) is 3.20. The summed E-state index contributed by atoms with van der Waals surface area (Å²) in [6, 6.07) is 5.31. The van der Waals surface area contributed by atoms with Crippen LogP contribution in [0.2, 0.25) is 0 Å². The second kappa shape index (κ2) is 6.67. The Morgan fingerprint density at radius 3 is 2.64 bits per heavy atom. The highest BCUT2D eigenvalue weighted by Gasteiger charge is 2.08. The molecule has 5 heteroatoms. The summed E-state index contributed by atoms with van der Waals surface area (Å²) in [5.74, 6) is 0.848. The highest BCUT2D eigenvalue weighted by molar-refractivity contribution is 5.89. The normalized spacial score (nSPS) is 9.91. The molecule has 0 aromatic carbocycles. The summed E-state index contributed by atoms with van der Waals surface area (Å²) in [5.41, 5.74) is 3.02. The zero-order valence-corrected chi connectivity index (χ0v) is 12.6. The molecule has 0 aliphatic rings. The van der Waals surface area contributed by atoms with Crippen molar-refractivity contribution in [1.82, 2.24) is 9.97 Å². The summed E-state index contributed by atoms with van der Waals surface area (Å²) < 4.78 is 4.64. The fraction of sp³-hybridized carbons (Fsp3) is 0.118. The van der Waals surface area contributed by atoms with Crippen molar-refractivity contribution in [3.63, 3.8) is 0 Å². The minimum Gasteiger partial charge on any atom is -0.465 e. The first-order chi connectivity index (χ1) is 10.6. The van der Waals surface area contributed by atoms with Gasteiger partial charge < -0.3 is 10.1 Å². The van der Waals surface area contributed by atoms with Crippen molar-refractivity contribution in [2.75, 3.05) is 12.4 Å². The Bertz CT molecular complexity index is 721. The third-order valence-electron chi connectivity index (χ3n) is 3.12. The van der Waals surface area contributed by atoms with Gasteiger partial charge in [0, 0.05) is 6.20 Å². The fourth-order valence-electron chi connectivity index (χ4n) is 1.93. The molecule has 112 valence electrons. The first-order valence-corrected chi connectivity index (χ1v) is 6.67. The topological polar surface area (TPSA) is 64.1 Å². The zero-order valence-electron chi connectivity index (χ0n) is 12.6. The lowest BCUT2D eigenvalue weighted by Gasteiger charge is -2.11. The van der Waals surface area contributed by atoms with Crippen LogP contribution in [-0.4, -0.2) is 23.0 Å². The van der Waals surface area contributed by atoms with E-state index in [0.29, 0.717) is 17.2 Å². The number of aryl methyl sites for hydroxylation is 1. The van der Waals surface area contributed by atoms with Crippen molar-refractivity contribution in [2.24, 2.45) is 0 Å². The van der Waals surface area contributed by atoms with Crippen LogP contribution in [0.15, 0.2) is 37.6 Å². The number of nitrogens with one attached hydrogen (secondary N) is 1. The van der Waals surface area contributed by atoms with E-state index in [0.717, 1.165) is 16.8 Å². The van der Waals surface area contributed by atoms with Crippen molar-refractivity contribution in [2.45, 2.75) is 6.92 Å². The lowest BCUT2D eigenvalue weighted by Crippen LogP contribution is -2.04. The van der Waals surface area contributed by atoms with Crippen molar-refractivity contribution < 1.29 is 9.53 Å². The maximum atomic E-state index is 11.4. The molecule has 0 unspecified atom stereocenters. The van der Waals surface area contributed by atoms with Gasteiger partial charge in [-0.2, -0.15) is 0 Å². The Hall–Kier alpha value is -2.95. The predicted octanol–water partition coefficient (Wildman–Crippen LogP) is 3.60. The van der Waals surface area contributed by atoms with Gasteiger partial charge in [0.2, 0.25) is 0 Å². The molecular formula is C17H17N3O2. The number of carbonyl (C=O) groups is 1. The molecule has 2 rings (SSSR count). The summed E-state index contributed by atoms with van der Waals surface area (Å²) in [5, 5.41) is 3.13. The van der Waals surface area contributed by atoms with Crippen LogP contribution in [0.3, 0.4) is 0 Å². The second-order valence-corrected chi connectivity index (χ2v) is 4.59. The molecule has 0 atom stereocenters. The smallest absolute Gasteiger partial charge is 0.339 e. The fourth-order valence-corrected chi connectivity index (χ4v) is 1.93. The zero-order chi connectivity index (χ0) is 16.1. The monoisotopic (exact) mass is 295 g/mol. The van der Waals surface area contributed by atoms with E-state index in [-0.39, 0.29) is 0 Å². The molecule has 1 N–H and O–H groups in total. The highest BCUT2D eigenvalue weighted by atomic mass is 16.5. The molecule has 22 heavy (non-hydrogen) atoms. The van der Waals surface area contributed by atoms with Gasteiger partial charge >= 0.3 is 5.97 Å². The number of hydrogen-bond donors (Lipinski definition) is 1. The summed E-state index contributed by atoms with van der Waals surface area (Å²) in [7, 11) is 1.33. The summed E-state index contributed by atoms with van der Waals surface area (Å²) in [6.07, 6.45) is 4.87. The van der Waals surface area contributed by atoms with Gasteiger partial charge in [0.1, 0.15) is 11.6 Å². The van der Waals surface area contributed by atoms with Gasteiger partial charge in [-0.1, -0.05) is 19.2 Å². The number of pyridine rings is 2. The van der Waals surface area contributed by atoms with Crippen LogP contribution in [0, 0.1) is 6.92 Å². The number of nitrogens with zero attached hydrogens (tertiary/aromatic N) is 2. The van der Waals surface area contributed by atoms with Gasteiger partial charge in [0.25, 0.3) is 0 Å². The van der Waals surface area contributed by atoms with Crippen molar-refractivity contribution >= 4 is 29.8 Å². The largest absolute Gasteiger partial charge is 0.465 e. The SMILES string of the molecule is C=Cc1cc(C)c(Nc2ccc(C(=O)OC)cn2)nc1C=C. The van der Waals surface area contributed by atoms with Crippen LogP contribution in [0.4, 0.5) is 11.6 Å². The van der Waals surface area contributed by atoms with Gasteiger partial charge in [0.15, 0.2) is 0 Å². The van der Waals surface area contributed by atoms with Crippen molar-refractivity contribution in [3.05, 3.63) is 59.9 Å². The number of anilines is 2. The molecule has 0 saturated heterocycles. The number of aromatic nitrogens is 2. The van der Waals surface area contributed by atoms with E-state index in [1.165, 1.54) is 13.3 Å². The van der Waals surface area contributed by atoms with E-state index in [9.17, 15) is 4.79 Å². The molecule has 0 amide bonds. The molecule has 0 aliphatic heterocycles. The number of methoxy groups -OCH3 is 1. The quantitative estimate of drug-likeness (QED) is 0.854. The minimum atomic E-state index is -0.419. The van der Waals surface area contributed by atoms with E-state index in [2.05, 4.69) is 33.2 Å². The predicted molar refractivity (Wildman–Crippen MR) is 88.0 cm³/mol. The van der Waals surface area contributed by atoms with Crippen molar-refractivity contribution in [1.29, 1.82) is 0 Å². The molecule has 2 aromatic heterocycles. The van der Waals surface area contributed by atoms with Gasteiger partial charge in [-0.15, -0.1) is 0 Å². The van der Waals surface area contributed by atoms with E-state index >= 15 is 0 Å². The molecule has 0 bridgehead atoms. The molecular weight excluding hydrogens is 278 g/mol. The third-order valence-corrected chi connectivity index (χ3v) is 3.12. The lowest BCUT2D eigenvalue weighted by atomic mass is 10.1. The maximum Gasteiger partial charge on any atom is 0.339 e. The van der Waals surface area contributed by atoms with E-state index in [1.54, 1.807) is 24.3 Å². The first-order valence-electron chi connectivity index (χ1n) is 6.67. The van der Waals surface area contributed by atoms with Crippen molar-refractivity contribution in [3.8, 4) is 0 Å². The van der Waals surface area contributed by atoms with Crippen LogP contribution in [-0.2, 0) is 4.74 Å². The molecule has 5 nitrogen and oxygen atoms in total. The molecule has 0 fully saturated rings. The highest BCUT2D eigenvalue weighted by Crippen LogP contribution is 2.21. The summed E-state index contributed by atoms with van der Waals surface area (Å²) >= 11 is 0. The molecule has 2 heterocycles. The second-order valence-electron chi connectivity index (χ2n) is 4.59.